The number of carbonyl (C=O) groups is 1. The maximum atomic E-state index is 12.9. The zero-order chi connectivity index (χ0) is 40.7. The Morgan fingerprint density at radius 2 is 1.84 bits per heavy atom. The van der Waals surface area contributed by atoms with Crippen LogP contribution in [0.25, 0.3) is 21.3 Å². The molecule has 4 atom stereocenters. The van der Waals surface area contributed by atoms with Gasteiger partial charge < -0.3 is 30.5 Å². The smallest absolute Gasteiger partial charge is 0.355 e. The number of nitrogens with one attached hydrogen (secondary N) is 3. The first-order valence-electron chi connectivity index (χ1n) is 21.0. The molecule has 310 valence electrons. The lowest BCUT2D eigenvalue weighted by atomic mass is 9.39. The summed E-state index contributed by atoms with van der Waals surface area (Å²) in [5.41, 5.74) is 12.8. The number of rotatable bonds is 17. The highest BCUT2D eigenvalue weighted by molar-refractivity contribution is 7.22. The molecule has 1 aliphatic heterocycles. The van der Waals surface area contributed by atoms with Gasteiger partial charge in [-0.3, -0.25) is 4.68 Å². The van der Waals surface area contributed by atoms with Crippen molar-refractivity contribution in [2.24, 2.45) is 27.3 Å². The number of carboxylic acid groups (broad SMARTS) is 1. The van der Waals surface area contributed by atoms with Crippen LogP contribution in [-0.2, 0) is 11.3 Å². The molecule has 14 heteroatoms. The fourth-order valence-electron chi connectivity index (χ4n) is 12.2. The van der Waals surface area contributed by atoms with E-state index in [0.29, 0.717) is 24.5 Å². The number of aliphatic hydroxyl groups excluding tert-OH is 1. The molecule has 4 bridgehead atoms. The van der Waals surface area contributed by atoms with Crippen molar-refractivity contribution < 1.29 is 19.7 Å². The number of carboxylic acids is 1. The molecule has 5 aliphatic rings. The third-order valence-corrected chi connectivity index (χ3v) is 14.4. The summed E-state index contributed by atoms with van der Waals surface area (Å²) in [4.78, 5) is 24.3. The maximum absolute atomic E-state index is 12.9. The molecule has 4 aliphatic carbocycles. The predicted molar refractivity (Wildman–Crippen MR) is 227 cm³/mol. The molecule has 3 aromatic heterocycles. The van der Waals surface area contributed by atoms with Gasteiger partial charge in [-0.1, -0.05) is 42.9 Å². The third kappa shape index (κ3) is 8.04. The van der Waals surface area contributed by atoms with Crippen molar-refractivity contribution in [2.45, 2.75) is 110 Å². The molecule has 4 saturated carbocycles. The average molecular weight is 810 g/mol. The molecular formula is C44H59N9O4S. The molecule has 1 aromatic carbocycles. The second-order valence-corrected chi connectivity index (χ2v) is 19.6. The first kappa shape index (κ1) is 40.5. The number of piperidine rings is 1. The van der Waals surface area contributed by atoms with Gasteiger partial charge in [-0.25, -0.2) is 20.3 Å². The van der Waals surface area contributed by atoms with E-state index in [1.54, 1.807) is 11.3 Å². The summed E-state index contributed by atoms with van der Waals surface area (Å²) in [5, 5.41) is 36.3. The Balaban J connectivity index is 0.995. The molecule has 4 heterocycles. The molecule has 5 fully saturated rings. The van der Waals surface area contributed by atoms with Crippen molar-refractivity contribution in [1.29, 1.82) is 5.53 Å². The quantitative estimate of drug-likeness (QED) is 0.0513. The summed E-state index contributed by atoms with van der Waals surface area (Å²) in [7, 11) is 0. The number of hydrogen-bond donors (Lipinski definition) is 5. The highest BCUT2D eigenvalue weighted by Gasteiger charge is 2.66. The molecule has 4 aromatic rings. The second-order valence-electron chi connectivity index (χ2n) is 18.6. The largest absolute Gasteiger partial charge is 0.476 e. The Kier molecular flexibility index (Phi) is 11.2. The van der Waals surface area contributed by atoms with Gasteiger partial charge in [-0.05, 0) is 125 Å². The van der Waals surface area contributed by atoms with Gasteiger partial charge in [-0.2, -0.15) is 10.2 Å². The fraction of sp³-hybridized carbons (Fsp3) is 0.591. The Morgan fingerprint density at radius 1 is 1.05 bits per heavy atom. The standard InChI is InChI=1S/C44H59N9O4S/c1-29(20-47-40-49-34-11-5-6-12-35(34)58-40)31-10-9-17-52(38(31)51-45)36-14-13-32(37(50-36)39(55)56)33-21-48-53(30(33)2)28-43-23-41(3)22-42(4,24-43)26-44(25-41,27-43)57-19-16-46-15-7-8-18-54/h5-6,11-14,20-21,31,38,45-46,54H,7-10,15-19,22-28H2,1-4H3,(H,47,49)(H,55,56)/b29-20+,51-45?. The highest BCUT2D eigenvalue weighted by Crippen LogP contribution is 2.72. The van der Waals surface area contributed by atoms with E-state index < -0.39 is 12.1 Å². The zero-order valence-corrected chi connectivity index (χ0v) is 35.2. The first-order chi connectivity index (χ1) is 27.9. The van der Waals surface area contributed by atoms with E-state index in [4.69, 9.17) is 25.5 Å². The first-order valence-corrected chi connectivity index (χ1v) is 21.8. The topological polar surface area (TPSA) is 174 Å². The summed E-state index contributed by atoms with van der Waals surface area (Å²) in [5.74, 6) is -0.650. The number of nitrogens with zero attached hydrogens (tertiary/aromatic N) is 6. The summed E-state index contributed by atoms with van der Waals surface area (Å²) in [6, 6.07) is 11.8. The zero-order valence-electron chi connectivity index (χ0n) is 34.4. The summed E-state index contributed by atoms with van der Waals surface area (Å²) in [6.07, 6.45) is 13.4. The SMILES string of the molecule is C/C(=C\Nc1nc2ccccc2s1)C1CCCN(c2ccc(-c3cnn(CC45CC6(C)CC(C)(C4)CC(OCCNCCCCO)(C6)C5)c3C)c(C(=O)O)n2)C1N=N. The van der Waals surface area contributed by atoms with Gasteiger partial charge in [0.05, 0.1) is 28.6 Å². The van der Waals surface area contributed by atoms with Crippen molar-refractivity contribution in [3.63, 3.8) is 0 Å². The van der Waals surface area contributed by atoms with Crippen LogP contribution >= 0.6 is 11.3 Å². The van der Waals surface area contributed by atoms with Crippen LogP contribution in [0.2, 0.25) is 0 Å². The number of ether oxygens (including phenoxy) is 1. The van der Waals surface area contributed by atoms with Gasteiger partial charge >= 0.3 is 5.97 Å². The van der Waals surface area contributed by atoms with Crippen LogP contribution in [0.5, 0.6) is 0 Å². The molecule has 0 radical (unpaired) electrons. The van der Waals surface area contributed by atoms with Crippen LogP contribution < -0.4 is 15.5 Å². The molecule has 58 heavy (non-hydrogen) atoms. The lowest BCUT2D eigenvalue weighted by Crippen LogP contribution is -2.64. The van der Waals surface area contributed by atoms with Gasteiger partial charge in [0.2, 0.25) is 0 Å². The number of fused-ring (bicyclic) bond motifs is 1. The van der Waals surface area contributed by atoms with Gasteiger partial charge in [-0.15, -0.1) is 0 Å². The maximum Gasteiger partial charge on any atom is 0.355 e. The van der Waals surface area contributed by atoms with Gasteiger partial charge in [0.1, 0.15) is 12.0 Å². The average Bonchev–Trinajstić information content (AvgIpc) is 3.76. The number of unbranched alkanes of at least 4 members (excludes halogenated alkanes) is 1. The Labute approximate surface area is 345 Å². The van der Waals surface area contributed by atoms with E-state index in [9.17, 15) is 9.90 Å². The van der Waals surface area contributed by atoms with E-state index in [0.717, 1.165) is 110 Å². The van der Waals surface area contributed by atoms with E-state index in [-0.39, 0.29) is 40.1 Å². The number of aliphatic hydroxyl groups is 1. The second kappa shape index (κ2) is 16.1. The number of thiazole rings is 1. The number of para-hydroxylation sites is 1. The minimum Gasteiger partial charge on any atom is -0.476 e. The molecule has 5 N–H and O–H groups in total. The summed E-state index contributed by atoms with van der Waals surface area (Å²) in [6.45, 7) is 13.0. The van der Waals surface area contributed by atoms with Gasteiger partial charge in [0.25, 0.3) is 0 Å². The molecule has 0 amide bonds. The molecule has 9 rings (SSSR count). The summed E-state index contributed by atoms with van der Waals surface area (Å²) < 4.78 is 10.1. The number of hydrogen-bond acceptors (Lipinski definition) is 12. The minimum atomic E-state index is -1.10. The van der Waals surface area contributed by atoms with Crippen molar-refractivity contribution in [3.05, 3.63) is 65.8 Å². The molecule has 13 nitrogen and oxygen atoms in total. The van der Waals surface area contributed by atoms with E-state index in [1.807, 2.05) is 61.5 Å². The molecule has 1 saturated heterocycles. The molecular weight excluding hydrogens is 751 g/mol. The normalized spacial score (nSPS) is 29.3. The van der Waals surface area contributed by atoms with Crippen LogP contribution in [0.1, 0.15) is 101 Å². The highest BCUT2D eigenvalue weighted by atomic mass is 32.1. The number of aromatic carboxylic acids is 1. The van der Waals surface area contributed by atoms with Gasteiger partial charge in [0, 0.05) is 55.2 Å². The van der Waals surface area contributed by atoms with E-state index >= 15 is 0 Å². The van der Waals surface area contributed by atoms with Crippen LogP contribution in [-0.4, -0.2) is 80.5 Å². The number of benzene rings is 1. The Bertz CT molecular complexity index is 2130. The molecule has 0 spiro atoms. The fourth-order valence-corrected chi connectivity index (χ4v) is 13.1. The van der Waals surface area contributed by atoms with E-state index in [2.05, 4.69) is 45.3 Å². The van der Waals surface area contributed by atoms with Crippen molar-refractivity contribution in [1.82, 2.24) is 25.1 Å². The lowest BCUT2D eigenvalue weighted by Gasteiger charge is -2.69. The number of aromatic nitrogens is 4. The Morgan fingerprint density at radius 3 is 2.59 bits per heavy atom. The lowest BCUT2D eigenvalue weighted by molar-refractivity contribution is -0.247. The van der Waals surface area contributed by atoms with Crippen molar-refractivity contribution >= 4 is 38.5 Å². The van der Waals surface area contributed by atoms with Crippen molar-refractivity contribution in [2.75, 3.05) is 43.1 Å². The van der Waals surface area contributed by atoms with E-state index in [1.165, 1.54) is 6.42 Å². The van der Waals surface area contributed by atoms with Gasteiger partial charge in [0.15, 0.2) is 10.8 Å². The van der Waals surface area contributed by atoms with Crippen molar-refractivity contribution in [3.8, 4) is 11.1 Å². The summed E-state index contributed by atoms with van der Waals surface area (Å²) >= 11 is 1.59. The Hall–Kier alpha value is -4.24. The third-order valence-electron chi connectivity index (χ3n) is 13.4. The van der Waals surface area contributed by atoms with Crippen LogP contribution in [0, 0.1) is 34.6 Å². The van der Waals surface area contributed by atoms with Crippen LogP contribution in [0.3, 0.4) is 0 Å². The number of anilines is 2. The number of pyridine rings is 1. The minimum absolute atomic E-state index is 0.0251. The molecule has 4 unspecified atom stereocenters. The van der Waals surface area contributed by atoms with Crippen LogP contribution in [0.15, 0.2) is 59.5 Å². The predicted octanol–water partition coefficient (Wildman–Crippen LogP) is 8.65. The monoisotopic (exact) mass is 809 g/mol. The van der Waals surface area contributed by atoms with Crippen LogP contribution in [0.4, 0.5) is 10.9 Å².